The number of nitrogens with one attached hydrogen (secondary N) is 1. The molecule has 2 aromatic rings. The van der Waals surface area contributed by atoms with Crippen LogP contribution in [0.25, 0.3) is 0 Å². The van der Waals surface area contributed by atoms with Crippen LogP contribution in [0.3, 0.4) is 0 Å². The molecule has 1 saturated heterocycles. The summed E-state index contributed by atoms with van der Waals surface area (Å²) in [5, 5.41) is 2.60. The Morgan fingerprint density at radius 3 is 2.35 bits per heavy atom. The highest BCUT2D eigenvalue weighted by atomic mass is 32.2. The van der Waals surface area contributed by atoms with Gasteiger partial charge in [0.25, 0.3) is 5.91 Å². The summed E-state index contributed by atoms with van der Waals surface area (Å²) in [6.07, 6.45) is 0.994. The molecule has 1 fully saturated rings. The van der Waals surface area contributed by atoms with Gasteiger partial charge >= 0.3 is 5.97 Å². The Bertz CT molecular complexity index is 1140. The van der Waals surface area contributed by atoms with Crippen LogP contribution < -0.4 is 9.62 Å². The number of hydrogen-bond donors (Lipinski definition) is 1. The van der Waals surface area contributed by atoms with E-state index in [2.05, 4.69) is 5.32 Å². The predicted octanol–water partition coefficient (Wildman–Crippen LogP) is 1.74. The third-order valence-electron chi connectivity index (χ3n) is 5.05. The molecule has 0 bridgehead atoms. The highest BCUT2D eigenvalue weighted by molar-refractivity contribution is 7.92. The average molecular weight is 490 g/mol. The zero-order valence-corrected chi connectivity index (χ0v) is 19.8. The SMILES string of the molecule is CCOC(=O)c1cccc(NC(=O)CN(c2ccc(C(=O)N3CCOCC3)cc2)S(C)(=O)=O)c1. The smallest absolute Gasteiger partial charge is 0.338 e. The Kier molecular flexibility index (Phi) is 8.24. The second kappa shape index (κ2) is 11.1. The number of anilines is 2. The maximum Gasteiger partial charge on any atom is 0.338 e. The molecule has 0 radical (unpaired) electrons. The van der Waals surface area contributed by atoms with Gasteiger partial charge < -0.3 is 19.7 Å². The summed E-state index contributed by atoms with van der Waals surface area (Å²) in [7, 11) is -3.80. The lowest BCUT2D eigenvalue weighted by Gasteiger charge is -2.27. The Balaban J connectivity index is 1.72. The van der Waals surface area contributed by atoms with Gasteiger partial charge in [-0.25, -0.2) is 13.2 Å². The van der Waals surface area contributed by atoms with Crippen molar-refractivity contribution in [1.29, 1.82) is 0 Å². The lowest BCUT2D eigenvalue weighted by Crippen LogP contribution is -2.40. The number of esters is 1. The molecule has 0 aliphatic carbocycles. The minimum atomic E-state index is -3.80. The molecule has 1 aliphatic heterocycles. The normalized spacial score (nSPS) is 13.8. The van der Waals surface area contributed by atoms with Crippen molar-refractivity contribution in [1.82, 2.24) is 4.90 Å². The summed E-state index contributed by atoms with van der Waals surface area (Å²) >= 11 is 0. The number of rotatable bonds is 8. The van der Waals surface area contributed by atoms with E-state index in [0.717, 1.165) is 10.6 Å². The largest absolute Gasteiger partial charge is 0.462 e. The van der Waals surface area contributed by atoms with Crippen molar-refractivity contribution < 1.29 is 32.3 Å². The average Bonchev–Trinajstić information content (AvgIpc) is 2.82. The fraction of sp³-hybridized carbons (Fsp3) is 0.348. The topological polar surface area (TPSA) is 122 Å². The maximum atomic E-state index is 12.6. The van der Waals surface area contributed by atoms with Gasteiger partial charge in [-0.2, -0.15) is 0 Å². The molecule has 10 nitrogen and oxygen atoms in total. The first-order valence-corrected chi connectivity index (χ1v) is 12.6. The Morgan fingerprint density at radius 2 is 1.74 bits per heavy atom. The van der Waals surface area contributed by atoms with Gasteiger partial charge in [-0.1, -0.05) is 6.07 Å². The number of hydrogen-bond acceptors (Lipinski definition) is 7. The van der Waals surface area contributed by atoms with E-state index in [4.69, 9.17) is 9.47 Å². The molecule has 0 unspecified atom stereocenters. The van der Waals surface area contributed by atoms with E-state index in [-0.39, 0.29) is 23.8 Å². The predicted molar refractivity (Wildman–Crippen MR) is 126 cm³/mol. The van der Waals surface area contributed by atoms with Crippen molar-refractivity contribution in [2.45, 2.75) is 6.92 Å². The summed E-state index contributed by atoms with van der Waals surface area (Å²) in [5.74, 6) is -1.29. The fourth-order valence-electron chi connectivity index (χ4n) is 3.39. The summed E-state index contributed by atoms with van der Waals surface area (Å²) in [5.41, 5.74) is 1.26. The molecule has 3 rings (SSSR count). The van der Waals surface area contributed by atoms with Gasteiger partial charge in [-0.05, 0) is 49.4 Å². The maximum absolute atomic E-state index is 12.6. The van der Waals surface area contributed by atoms with Gasteiger partial charge in [-0.15, -0.1) is 0 Å². The molecule has 0 atom stereocenters. The van der Waals surface area contributed by atoms with Crippen LogP contribution in [0.2, 0.25) is 0 Å². The molecule has 0 spiro atoms. The molecule has 182 valence electrons. The van der Waals surface area contributed by atoms with Crippen LogP contribution >= 0.6 is 0 Å². The van der Waals surface area contributed by atoms with E-state index in [0.29, 0.717) is 37.6 Å². The van der Waals surface area contributed by atoms with E-state index in [9.17, 15) is 22.8 Å². The quantitative estimate of drug-likeness (QED) is 0.561. The molecule has 1 aliphatic rings. The van der Waals surface area contributed by atoms with Crippen molar-refractivity contribution in [2.24, 2.45) is 0 Å². The molecule has 1 heterocycles. The second-order valence-corrected chi connectivity index (χ2v) is 9.48. The lowest BCUT2D eigenvalue weighted by atomic mass is 10.1. The Morgan fingerprint density at radius 1 is 1.06 bits per heavy atom. The van der Waals surface area contributed by atoms with Crippen LogP contribution in [0.15, 0.2) is 48.5 Å². The van der Waals surface area contributed by atoms with Crippen molar-refractivity contribution in [3.63, 3.8) is 0 Å². The zero-order valence-electron chi connectivity index (χ0n) is 19.0. The first-order chi connectivity index (χ1) is 16.2. The number of benzene rings is 2. The molecule has 11 heteroatoms. The molecule has 0 aromatic heterocycles. The molecule has 34 heavy (non-hydrogen) atoms. The minimum Gasteiger partial charge on any atom is -0.462 e. The molecule has 2 aromatic carbocycles. The van der Waals surface area contributed by atoms with Crippen molar-refractivity contribution in [3.05, 3.63) is 59.7 Å². The van der Waals surface area contributed by atoms with Crippen LogP contribution in [0.4, 0.5) is 11.4 Å². The molecular formula is C23H27N3O7S. The van der Waals surface area contributed by atoms with Gasteiger partial charge in [0.1, 0.15) is 6.54 Å². The first kappa shape index (κ1) is 25.2. The second-order valence-electron chi connectivity index (χ2n) is 7.57. The highest BCUT2D eigenvalue weighted by Gasteiger charge is 2.23. The molecule has 0 saturated carbocycles. The lowest BCUT2D eigenvalue weighted by molar-refractivity contribution is -0.114. The van der Waals surface area contributed by atoms with Crippen LogP contribution in [0, 0.1) is 0 Å². The number of amides is 2. The van der Waals surface area contributed by atoms with Crippen LogP contribution in [-0.4, -0.2) is 76.8 Å². The number of carbonyl (C=O) groups is 3. The van der Waals surface area contributed by atoms with Crippen molar-refractivity contribution >= 4 is 39.2 Å². The van der Waals surface area contributed by atoms with E-state index < -0.39 is 28.4 Å². The number of morpholine rings is 1. The Labute approximate surface area is 198 Å². The van der Waals surface area contributed by atoms with Gasteiger partial charge in [-0.3, -0.25) is 13.9 Å². The molecule has 2 amide bonds. The summed E-state index contributed by atoms with van der Waals surface area (Å²) in [6.45, 7) is 3.36. The Hall–Kier alpha value is -3.44. The van der Waals surface area contributed by atoms with E-state index in [1.807, 2.05) is 0 Å². The van der Waals surface area contributed by atoms with E-state index in [1.54, 1.807) is 30.0 Å². The standard InChI is InChI=1S/C23H27N3O7S/c1-3-33-23(29)18-5-4-6-19(15-18)24-21(27)16-26(34(2,30)31)20-9-7-17(8-10-20)22(28)25-11-13-32-14-12-25/h4-10,15H,3,11-14,16H2,1-2H3,(H,24,27). The number of carbonyl (C=O) groups excluding carboxylic acids is 3. The van der Waals surface area contributed by atoms with Gasteiger partial charge in [0.05, 0.1) is 37.3 Å². The summed E-state index contributed by atoms with van der Waals surface area (Å²) in [4.78, 5) is 38.8. The van der Waals surface area contributed by atoms with Crippen LogP contribution in [0.1, 0.15) is 27.6 Å². The van der Waals surface area contributed by atoms with Crippen LogP contribution in [-0.2, 0) is 24.3 Å². The van der Waals surface area contributed by atoms with Gasteiger partial charge in [0, 0.05) is 24.3 Å². The third kappa shape index (κ3) is 6.55. The summed E-state index contributed by atoms with van der Waals surface area (Å²) in [6, 6.07) is 12.2. The number of ether oxygens (including phenoxy) is 2. The van der Waals surface area contributed by atoms with Crippen LogP contribution in [0.5, 0.6) is 0 Å². The van der Waals surface area contributed by atoms with Gasteiger partial charge in [0.2, 0.25) is 15.9 Å². The zero-order chi connectivity index (χ0) is 24.7. The van der Waals surface area contributed by atoms with E-state index in [1.165, 1.54) is 30.3 Å². The van der Waals surface area contributed by atoms with Crippen molar-refractivity contribution in [2.75, 3.05) is 55.3 Å². The van der Waals surface area contributed by atoms with Gasteiger partial charge in [0.15, 0.2) is 0 Å². The third-order valence-corrected chi connectivity index (χ3v) is 6.19. The number of nitrogens with zero attached hydrogens (tertiary/aromatic N) is 2. The van der Waals surface area contributed by atoms with E-state index >= 15 is 0 Å². The molecule has 1 N–H and O–H groups in total. The fourth-order valence-corrected chi connectivity index (χ4v) is 4.25. The monoisotopic (exact) mass is 489 g/mol. The first-order valence-electron chi connectivity index (χ1n) is 10.7. The van der Waals surface area contributed by atoms with Crippen molar-refractivity contribution in [3.8, 4) is 0 Å². The molecular weight excluding hydrogens is 462 g/mol. The number of sulfonamides is 1. The summed E-state index contributed by atoms with van der Waals surface area (Å²) < 4.78 is 35.9. The highest BCUT2D eigenvalue weighted by Crippen LogP contribution is 2.20. The minimum absolute atomic E-state index is 0.167.